The van der Waals surface area contributed by atoms with Gasteiger partial charge in [-0.2, -0.15) is 0 Å². The molecule has 0 saturated carbocycles. The third-order valence-electron chi connectivity index (χ3n) is 3.06. The predicted molar refractivity (Wildman–Crippen MR) is 90.7 cm³/mol. The molecule has 1 atom stereocenters. The summed E-state index contributed by atoms with van der Waals surface area (Å²) >= 11 is 13.3. The number of hydrogen-bond donors (Lipinski definition) is 1. The Hall–Kier alpha value is -0.550. The van der Waals surface area contributed by atoms with Gasteiger partial charge in [0.25, 0.3) is 0 Å². The molecule has 2 aromatic rings. The monoisotopic (exact) mass is 417 g/mol. The summed E-state index contributed by atoms with van der Waals surface area (Å²) in [4.78, 5) is 0. The van der Waals surface area contributed by atoms with Crippen LogP contribution in [0.15, 0.2) is 45.3 Å². The molecular formula is C15H14Br2ClNO. The van der Waals surface area contributed by atoms with Crippen LogP contribution in [0.4, 0.5) is 0 Å². The first-order chi connectivity index (χ1) is 9.58. The van der Waals surface area contributed by atoms with E-state index >= 15 is 0 Å². The van der Waals surface area contributed by atoms with Gasteiger partial charge in [0, 0.05) is 15.1 Å². The highest BCUT2D eigenvalue weighted by atomic mass is 79.9. The third-order valence-corrected chi connectivity index (χ3v) is 4.59. The summed E-state index contributed by atoms with van der Waals surface area (Å²) in [6, 6.07) is 11.8. The normalized spacial score (nSPS) is 12.2. The lowest BCUT2D eigenvalue weighted by atomic mass is 9.98. The van der Waals surface area contributed by atoms with Crippen molar-refractivity contribution in [2.75, 3.05) is 14.2 Å². The van der Waals surface area contributed by atoms with Crippen LogP contribution in [-0.4, -0.2) is 14.2 Å². The molecule has 0 spiro atoms. The van der Waals surface area contributed by atoms with E-state index in [-0.39, 0.29) is 6.04 Å². The first kappa shape index (κ1) is 15.8. The zero-order valence-electron chi connectivity index (χ0n) is 11.1. The average Bonchev–Trinajstić information content (AvgIpc) is 2.41. The Morgan fingerprint density at radius 3 is 2.40 bits per heavy atom. The lowest BCUT2D eigenvalue weighted by Crippen LogP contribution is -2.19. The van der Waals surface area contributed by atoms with Gasteiger partial charge in [-0.05, 0) is 46.7 Å². The summed E-state index contributed by atoms with van der Waals surface area (Å²) in [6.07, 6.45) is 0. The van der Waals surface area contributed by atoms with Gasteiger partial charge < -0.3 is 10.1 Å². The first-order valence-electron chi connectivity index (χ1n) is 6.03. The number of hydrogen-bond acceptors (Lipinski definition) is 2. The lowest BCUT2D eigenvalue weighted by molar-refractivity contribution is 0.402. The SMILES string of the molecule is CNC(c1ccccc1Br)c1cc(Cl)cc(Br)c1OC. The fraction of sp³-hybridized carbons (Fsp3) is 0.200. The van der Waals surface area contributed by atoms with E-state index < -0.39 is 0 Å². The molecule has 0 radical (unpaired) electrons. The lowest BCUT2D eigenvalue weighted by Gasteiger charge is -2.22. The topological polar surface area (TPSA) is 21.3 Å². The van der Waals surface area contributed by atoms with Crippen molar-refractivity contribution in [1.29, 1.82) is 0 Å². The van der Waals surface area contributed by atoms with Crippen molar-refractivity contribution in [1.82, 2.24) is 5.32 Å². The van der Waals surface area contributed by atoms with Crippen molar-refractivity contribution in [3.05, 3.63) is 61.5 Å². The molecule has 20 heavy (non-hydrogen) atoms. The average molecular weight is 420 g/mol. The fourth-order valence-electron chi connectivity index (χ4n) is 2.20. The fourth-order valence-corrected chi connectivity index (χ4v) is 3.71. The van der Waals surface area contributed by atoms with Crippen molar-refractivity contribution >= 4 is 43.5 Å². The molecule has 0 aliphatic rings. The quantitative estimate of drug-likeness (QED) is 0.737. The van der Waals surface area contributed by atoms with Gasteiger partial charge in [0.15, 0.2) is 0 Å². The molecule has 5 heteroatoms. The van der Waals surface area contributed by atoms with E-state index in [2.05, 4.69) is 43.2 Å². The molecule has 0 amide bonds. The number of methoxy groups -OCH3 is 1. The van der Waals surface area contributed by atoms with Crippen LogP contribution in [0.5, 0.6) is 5.75 Å². The molecular weight excluding hydrogens is 405 g/mol. The summed E-state index contributed by atoms with van der Waals surface area (Å²) < 4.78 is 7.40. The molecule has 2 aromatic carbocycles. The van der Waals surface area contributed by atoms with Crippen molar-refractivity contribution < 1.29 is 4.74 Å². The third kappa shape index (κ3) is 3.19. The molecule has 0 aliphatic carbocycles. The Morgan fingerprint density at radius 1 is 1.10 bits per heavy atom. The van der Waals surface area contributed by atoms with E-state index in [1.807, 2.05) is 37.4 Å². The standard InChI is InChI=1S/C15H14Br2ClNO/c1-19-14(10-5-3-4-6-12(10)16)11-7-9(18)8-13(17)15(11)20-2/h3-8,14,19H,1-2H3. The summed E-state index contributed by atoms with van der Waals surface area (Å²) in [5.74, 6) is 0.782. The zero-order chi connectivity index (χ0) is 14.7. The molecule has 0 aromatic heterocycles. The highest BCUT2D eigenvalue weighted by Crippen LogP contribution is 2.39. The van der Waals surface area contributed by atoms with Crippen LogP contribution in [0.1, 0.15) is 17.2 Å². The largest absolute Gasteiger partial charge is 0.495 e. The molecule has 106 valence electrons. The van der Waals surface area contributed by atoms with Crippen molar-refractivity contribution in [3.63, 3.8) is 0 Å². The summed E-state index contributed by atoms with van der Waals surface area (Å²) in [7, 11) is 3.57. The van der Waals surface area contributed by atoms with Crippen LogP contribution in [0.25, 0.3) is 0 Å². The van der Waals surface area contributed by atoms with Gasteiger partial charge in [0.1, 0.15) is 5.75 Å². The van der Waals surface area contributed by atoms with Gasteiger partial charge in [0.2, 0.25) is 0 Å². The minimum atomic E-state index is -0.0180. The van der Waals surface area contributed by atoms with Crippen LogP contribution < -0.4 is 10.1 Å². The summed E-state index contributed by atoms with van der Waals surface area (Å²) in [5.41, 5.74) is 2.11. The highest BCUT2D eigenvalue weighted by Gasteiger charge is 2.21. The smallest absolute Gasteiger partial charge is 0.138 e. The second kappa shape index (κ2) is 6.94. The Labute approximate surface area is 140 Å². The molecule has 0 heterocycles. The number of ether oxygens (including phenoxy) is 1. The maximum Gasteiger partial charge on any atom is 0.138 e. The van der Waals surface area contributed by atoms with E-state index in [9.17, 15) is 0 Å². The molecule has 1 N–H and O–H groups in total. The summed E-state index contributed by atoms with van der Waals surface area (Å²) in [6.45, 7) is 0. The van der Waals surface area contributed by atoms with Gasteiger partial charge in [0.05, 0.1) is 17.6 Å². The van der Waals surface area contributed by atoms with E-state index in [4.69, 9.17) is 16.3 Å². The van der Waals surface area contributed by atoms with Gasteiger partial charge in [-0.25, -0.2) is 0 Å². The van der Waals surface area contributed by atoms with Crippen molar-refractivity contribution in [2.45, 2.75) is 6.04 Å². The van der Waals surface area contributed by atoms with E-state index in [0.717, 1.165) is 25.8 Å². The molecule has 0 aliphatic heterocycles. The van der Waals surface area contributed by atoms with Crippen LogP contribution in [0.2, 0.25) is 5.02 Å². The van der Waals surface area contributed by atoms with Gasteiger partial charge >= 0.3 is 0 Å². The molecule has 0 fully saturated rings. The van der Waals surface area contributed by atoms with Crippen molar-refractivity contribution in [3.8, 4) is 5.75 Å². The van der Waals surface area contributed by atoms with E-state index in [0.29, 0.717) is 5.02 Å². The number of rotatable bonds is 4. The molecule has 0 saturated heterocycles. The zero-order valence-corrected chi connectivity index (χ0v) is 15.0. The minimum Gasteiger partial charge on any atom is -0.495 e. The van der Waals surface area contributed by atoms with Crippen molar-refractivity contribution in [2.24, 2.45) is 0 Å². The second-order valence-electron chi connectivity index (χ2n) is 4.25. The minimum absolute atomic E-state index is 0.0180. The summed E-state index contributed by atoms with van der Waals surface area (Å²) in [5, 5.41) is 3.98. The van der Waals surface area contributed by atoms with Crippen LogP contribution in [0, 0.1) is 0 Å². The highest BCUT2D eigenvalue weighted by molar-refractivity contribution is 9.10. The molecule has 1 unspecified atom stereocenters. The van der Waals surface area contributed by atoms with Gasteiger partial charge in [-0.15, -0.1) is 0 Å². The predicted octanol–water partition coefficient (Wildman–Crippen LogP) is 5.18. The molecule has 0 bridgehead atoms. The van der Waals surface area contributed by atoms with Crippen LogP contribution in [-0.2, 0) is 0 Å². The first-order valence-corrected chi connectivity index (χ1v) is 7.99. The maximum absolute atomic E-state index is 6.18. The number of benzene rings is 2. The van der Waals surface area contributed by atoms with Crippen LogP contribution in [0.3, 0.4) is 0 Å². The van der Waals surface area contributed by atoms with Crippen LogP contribution >= 0.6 is 43.5 Å². The number of nitrogens with one attached hydrogen (secondary N) is 1. The Bertz CT molecular complexity index is 619. The van der Waals surface area contributed by atoms with Gasteiger partial charge in [-0.1, -0.05) is 45.7 Å². The Kier molecular flexibility index (Phi) is 5.49. The molecule has 2 nitrogen and oxygen atoms in total. The Morgan fingerprint density at radius 2 is 1.80 bits per heavy atom. The van der Waals surface area contributed by atoms with E-state index in [1.54, 1.807) is 7.11 Å². The van der Waals surface area contributed by atoms with Gasteiger partial charge in [-0.3, -0.25) is 0 Å². The second-order valence-corrected chi connectivity index (χ2v) is 6.40. The number of halogens is 3. The molecule has 2 rings (SSSR count). The maximum atomic E-state index is 6.18. The van der Waals surface area contributed by atoms with E-state index in [1.165, 1.54) is 0 Å². The Balaban J connectivity index is 2.61.